The number of anilines is 2. The van der Waals surface area contributed by atoms with Crippen molar-refractivity contribution in [3.8, 4) is 22.1 Å². The van der Waals surface area contributed by atoms with Gasteiger partial charge < -0.3 is 9.47 Å². The van der Waals surface area contributed by atoms with Crippen LogP contribution in [0.15, 0.2) is 48.5 Å². The Morgan fingerprint density at radius 1 is 1.10 bits per heavy atom. The molecule has 1 aromatic heterocycles. The molecule has 1 amide bonds. The average Bonchev–Trinajstić information content (AvgIpc) is 3.21. The fourth-order valence-electron chi connectivity index (χ4n) is 2.93. The summed E-state index contributed by atoms with van der Waals surface area (Å²) in [5, 5.41) is 11.6. The van der Waals surface area contributed by atoms with Crippen LogP contribution in [0.3, 0.4) is 0 Å². The van der Waals surface area contributed by atoms with Gasteiger partial charge in [0.15, 0.2) is 0 Å². The number of benzene rings is 2. The number of hydrogen-bond acceptors (Lipinski definition) is 8. The van der Waals surface area contributed by atoms with Crippen molar-refractivity contribution in [3.05, 3.63) is 48.5 Å². The standard InChI is InChI=1S/C20H22N4O5S2/c1-13(18(25)21-20-23-22-19(30-20)14-8-6-5-7-9-14)24(31(4,26)27)16-12-15(28-2)10-11-17(16)29-3/h5-13H,1-4H3,(H,21,23,25). The second-order valence-electron chi connectivity index (χ2n) is 6.54. The first-order chi connectivity index (χ1) is 14.7. The SMILES string of the molecule is COc1ccc(OC)c(N(C(C)C(=O)Nc2nnc(-c3ccccc3)s2)S(C)(=O)=O)c1. The van der Waals surface area contributed by atoms with Gasteiger partial charge in [-0.05, 0) is 19.1 Å². The zero-order valence-corrected chi connectivity index (χ0v) is 19.0. The highest BCUT2D eigenvalue weighted by Crippen LogP contribution is 2.35. The smallest absolute Gasteiger partial charge is 0.249 e. The number of methoxy groups -OCH3 is 2. The van der Waals surface area contributed by atoms with E-state index in [0.29, 0.717) is 10.8 Å². The lowest BCUT2D eigenvalue weighted by atomic mass is 10.2. The first-order valence-corrected chi connectivity index (χ1v) is 11.8. The zero-order chi connectivity index (χ0) is 22.6. The molecule has 164 valence electrons. The minimum Gasteiger partial charge on any atom is -0.497 e. The van der Waals surface area contributed by atoms with Crippen LogP contribution in [-0.2, 0) is 14.8 Å². The zero-order valence-electron chi connectivity index (χ0n) is 17.4. The number of sulfonamides is 1. The summed E-state index contributed by atoms with van der Waals surface area (Å²) in [7, 11) is -0.961. The van der Waals surface area contributed by atoms with Crippen molar-refractivity contribution in [3.63, 3.8) is 0 Å². The van der Waals surface area contributed by atoms with E-state index in [2.05, 4.69) is 15.5 Å². The quantitative estimate of drug-likeness (QED) is 0.548. The molecule has 1 atom stereocenters. The maximum absolute atomic E-state index is 12.9. The van der Waals surface area contributed by atoms with E-state index in [1.807, 2.05) is 30.3 Å². The third-order valence-electron chi connectivity index (χ3n) is 4.39. The van der Waals surface area contributed by atoms with Gasteiger partial charge in [0.2, 0.25) is 21.1 Å². The highest BCUT2D eigenvalue weighted by atomic mass is 32.2. The first kappa shape index (κ1) is 22.5. The highest BCUT2D eigenvalue weighted by Gasteiger charge is 2.32. The van der Waals surface area contributed by atoms with Gasteiger partial charge in [-0.25, -0.2) is 8.42 Å². The molecule has 1 unspecified atom stereocenters. The Morgan fingerprint density at radius 3 is 2.42 bits per heavy atom. The van der Waals surface area contributed by atoms with Crippen LogP contribution >= 0.6 is 11.3 Å². The summed E-state index contributed by atoms with van der Waals surface area (Å²) in [5.41, 5.74) is 1.06. The number of carbonyl (C=O) groups excluding carboxylic acids is 1. The van der Waals surface area contributed by atoms with Crippen molar-refractivity contribution < 1.29 is 22.7 Å². The average molecular weight is 463 g/mol. The van der Waals surface area contributed by atoms with E-state index >= 15 is 0 Å². The number of hydrogen-bond donors (Lipinski definition) is 1. The van der Waals surface area contributed by atoms with Gasteiger partial charge in [0, 0.05) is 11.6 Å². The van der Waals surface area contributed by atoms with Gasteiger partial charge in [0.05, 0.1) is 26.2 Å². The molecule has 0 spiro atoms. The van der Waals surface area contributed by atoms with Crippen molar-refractivity contribution in [1.82, 2.24) is 10.2 Å². The molecule has 0 aliphatic carbocycles. The molecule has 31 heavy (non-hydrogen) atoms. The third kappa shape index (κ3) is 5.12. The molecule has 0 radical (unpaired) electrons. The van der Waals surface area contributed by atoms with Crippen LogP contribution in [-0.4, -0.2) is 51.0 Å². The molecule has 0 aliphatic heterocycles. The van der Waals surface area contributed by atoms with Crippen molar-refractivity contribution in [2.24, 2.45) is 0 Å². The lowest BCUT2D eigenvalue weighted by Crippen LogP contribution is -2.45. The van der Waals surface area contributed by atoms with Gasteiger partial charge in [-0.2, -0.15) is 0 Å². The molecule has 11 heteroatoms. The predicted octanol–water partition coefficient (Wildman–Crippen LogP) is 3.02. The summed E-state index contributed by atoms with van der Waals surface area (Å²) in [6.45, 7) is 1.48. The van der Waals surface area contributed by atoms with Crippen LogP contribution in [0.4, 0.5) is 10.8 Å². The lowest BCUT2D eigenvalue weighted by molar-refractivity contribution is -0.116. The van der Waals surface area contributed by atoms with Crippen LogP contribution in [0.1, 0.15) is 6.92 Å². The summed E-state index contributed by atoms with van der Waals surface area (Å²) < 4.78 is 36.7. The predicted molar refractivity (Wildman–Crippen MR) is 120 cm³/mol. The molecule has 1 heterocycles. The summed E-state index contributed by atoms with van der Waals surface area (Å²) in [4.78, 5) is 12.9. The Morgan fingerprint density at radius 2 is 1.81 bits per heavy atom. The van der Waals surface area contributed by atoms with Crippen molar-refractivity contribution >= 4 is 38.1 Å². The molecular weight excluding hydrogens is 440 g/mol. The highest BCUT2D eigenvalue weighted by molar-refractivity contribution is 7.92. The molecule has 0 fully saturated rings. The van der Waals surface area contributed by atoms with Gasteiger partial charge in [-0.3, -0.25) is 14.4 Å². The number of carbonyl (C=O) groups is 1. The van der Waals surface area contributed by atoms with E-state index < -0.39 is 22.0 Å². The van der Waals surface area contributed by atoms with Crippen molar-refractivity contribution in [1.29, 1.82) is 0 Å². The third-order valence-corrected chi connectivity index (χ3v) is 6.50. The Hall–Kier alpha value is -3.18. The minimum atomic E-state index is -3.85. The molecule has 3 aromatic rings. The van der Waals surface area contributed by atoms with E-state index in [1.165, 1.54) is 38.5 Å². The topological polar surface area (TPSA) is 111 Å². The molecule has 0 saturated carbocycles. The number of nitrogens with one attached hydrogen (secondary N) is 1. The van der Waals surface area contributed by atoms with Gasteiger partial charge in [0.1, 0.15) is 22.5 Å². The number of aromatic nitrogens is 2. The fraction of sp³-hybridized carbons (Fsp3) is 0.250. The summed E-state index contributed by atoms with van der Waals surface area (Å²) in [6, 6.07) is 13.0. The van der Waals surface area contributed by atoms with E-state index in [-0.39, 0.29) is 16.6 Å². The molecule has 0 bridgehead atoms. The van der Waals surface area contributed by atoms with Crippen molar-refractivity contribution in [2.75, 3.05) is 30.1 Å². The van der Waals surface area contributed by atoms with Crippen molar-refractivity contribution in [2.45, 2.75) is 13.0 Å². The summed E-state index contributed by atoms with van der Waals surface area (Å²) >= 11 is 1.19. The maximum atomic E-state index is 12.9. The van der Waals surface area contributed by atoms with Crippen LogP contribution < -0.4 is 19.1 Å². The normalized spacial score (nSPS) is 12.1. The Labute approximate surface area is 184 Å². The molecule has 3 rings (SSSR count). The second-order valence-corrected chi connectivity index (χ2v) is 9.38. The number of ether oxygens (including phenoxy) is 2. The molecule has 0 saturated heterocycles. The second kappa shape index (κ2) is 9.31. The molecule has 1 N–H and O–H groups in total. The molecule has 2 aromatic carbocycles. The monoisotopic (exact) mass is 462 g/mol. The largest absolute Gasteiger partial charge is 0.497 e. The van der Waals surface area contributed by atoms with E-state index in [9.17, 15) is 13.2 Å². The van der Waals surface area contributed by atoms with Crippen LogP contribution in [0.5, 0.6) is 11.5 Å². The lowest BCUT2D eigenvalue weighted by Gasteiger charge is -2.29. The van der Waals surface area contributed by atoms with Gasteiger partial charge in [0.25, 0.3) is 0 Å². The maximum Gasteiger partial charge on any atom is 0.249 e. The minimum absolute atomic E-state index is 0.189. The Kier molecular flexibility index (Phi) is 6.76. The molecule has 0 aliphatic rings. The fourth-order valence-corrected chi connectivity index (χ4v) is 4.85. The summed E-state index contributed by atoms with van der Waals surface area (Å²) in [5.74, 6) is 0.146. The van der Waals surface area contributed by atoms with E-state index in [4.69, 9.17) is 9.47 Å². The van der Waals surface area contributed by atoms with Gasteiger partial charge in [-0.1, -0.05) is 41.7 Å². The van der Waals surface area contributed by atoms with Gasteiger partial charge in [-0.15, -0.1) is 10.2 Å². The first-order valence-electron chi connectivity index (χ1n) is 9.16. The van der Waals surface area contributed by atoms with Crippen LogP contribution in [0.2, 0.25) is 0 Å². The number of nitrogens with zero attached hydrogens (tertiary/aromatic N) is 3. The van der Waals surface area contributed by atoms with Gasteiger partial charge >= 0.3 is 0 Å². The van der Waals surface area contributed by atoms with Crippen LogP contribution in [0, 0.1) is 0 Å². The molecule has 9 nitrogen and oxygen atoms in total. The van der Waals surface area contributed by atoms with E-state index in [0.717, 1.165) is 16.1 Å². The molecular formula is C20H22N4O5S2. The van der Waals surface area contributed by atoms with E-state index in [1.54, 1.807) is 12.1 Å². The number of rotatable bonds is 8. The Bertz CT molecular complexity index is 1170. The number of amides is 1. The summed E-state index contributed by atoms with van der Waals surface area (Å²) in [6.07, 6.45) is 1.02. The Balaban J connectivity index is 1.89. The van der Waals surface area contributed by atoms with Crippen LogP contribution in [0.25, 0.3) is 10.6 Å².